The van der Waals surface area contributed by atoms with Crippen LogP contribution in [-0.2, 0) is 6.54 Å². The topological polar surface area (TPSA) is 15.3 Å². The first kappa shape index (κ1) is 15.4. The molecule has 1 heterocycles. The van der Waals surface area contributed by atoms with Crippen LogP contribution in [0.25, 0.3) is 0 Å². The van der Waals surface area contributed by atoms with Crippen LogP contribution >= 0.6 is 39.7 Å². The number of halogens is 2. The third-order valence-electron chi connectivity index (χ3n) is 3.13. The second-order valence-corrected chi connectivity index (χ2v) is 7.05. The maximum absolute atomic E-state index is 3.56. The van der Waals surface area contributed by atoms with Crippen molar-refractivity contribution < 1.29 is 0 Å². The maximum Gasteiger partial charge on any atom is 0.0701 e. The van der Waals surface area contributed by atoms with E-state index in [2.05, 4.69) is 51.7 Å². The fourth-order valence-corrected chi connectivity index (χ4v) is 3.26. The summed E-state index contributed by atoms with van der Waals surface area (Å²) in [4.78, 5) is 2.36. The van der Waals surface area contributed by atoms with E-state index in [1.165, 1.54) is 22.2 Å². The summed E-state index contributed by atoms with van der Waals surface area (Å²) in [6.45, 7) is 2.09. The SMILES string of the molecule is CN(C)C(CNCc1csc(Br)c1)C1CC1.Cl. The van der Waals surface area contributed by atoms with Crippen LogP contribution < -0.4 is 5.32 Å². The summed E-state index contributed by atoms with van der Waals surface area (Å²) in [5.41, 5.74) is 1.38. The summed E-state index contributed by atoms with van der Waals surface area (Å²) in [6.07, 6.45) is 2.82. The molecule has 1 aromatic heterocycles. The minimum Gasteiger partial charge on any atom is -0.311 e. The zero-order valence-corrected chi connectivity index (χ0v) is 13.5. The molecule has 0 radical (unpaired) electrons. The summed E-state index contributed by atoms with van der Waals surface area (Å²) in [7, 11) is 4.37. The van der Waals surface area contributed by atoms with E-state index in [0.29, 0.717) is 6.04 Å². The first-order valence-electron chi connectivity index (χ1n) is 5.77. The van der Waals surface area contributed by atoms with Gasteiger partial charge in [-0.2, -0.15) is 0 Å². The van der Waals surface area contributed by atoms with E-state index in [1.54, 1.807) is 11.3 Å². The van der Waals surface area contributed by atoms with Crippen molar-refractivity contribution in [3.05, 3.63) is 20.8 Å². The standard InChI is InChI=1S/C12H19BrN2S.ClH/c1-15(2)11(10-3-4-10)7-14-6-9-5-12(13)16-8-9;/h5,8,10-11,14H,3-4,6-7H2,1-2H3;1H. The molecule has 98 valence electrons. The van der Waals surface area contributed by atoms with E-state index >= 15 is 0 Å². The Bertz CT molecular complexity index is 337. The van der Waals surface area contributed by atoms with E-state index < -0.39 is 0 Å². The van der Waals surface area contributed by atoms with Crippen molar-refractivity contribution in [2.45, 2.75) is 25.4 Å². The molecule has 1 N–H and O–H groups in total. The van der Waals surface area contributed by atoms with Crippen molar-refractivity contribution in [3.8, 4) is 0 Å². The van der Waals surface area contributed by atoms with Crippen molar-refractivity contribution >= 4 is 39.7 Å². The minimum absolute atomic E-state index is 0. The predicted molar refractivity (Wildman–Crippen MR) is 81.2 cm³/mol. The van der Waals surface area contributed by atoms with Gasteiger partial charge in [-0.25, -0.2) is 0 Å². The van der Waals surface area contributed by atoms with E-state index in [-0.39, 0.29) is 12.4 Å². The summed E-state index contributed by atoms with van der Waals surface area (Å²) in [5, 5.41) is 5.77. The molecule has 1 fully saturated rings. The maximum atomic E-state index is 3.56. The molecule has 17 heavy (non-hydrogen) atoms. The van der Waals surface area contributed by atoms with Gasteiger partial charge in [-0.3, -0.25) is 0 Å². The zero-order chi connectivity index (χ0) is 11.5. The number of hydrogen-bond donors (Lipinski definition) is 1. The quantitative estimate of drug-likeness (QED) is 0.855. The van der Waals surface area contributed by atoms with Crippen LogP contribution in [-0.4, -0.2) is 31.6 Å². The molecule has 1 atom stereocenters. The first-order chi connectivity index (χ1) is 7.66. The number of likely N-dealkylation sites (N-methyl/N-ethyl adjacent to an activating group) is 1. The van der Waals surface area contributed by atoms with Gasteiger partial charge in [0, 0.05) is 19.1 Å². The lowest BCUT2D eigenvalue weighted by Crippen LogP contribution is -2.39. The third-order valence-corrected chi connectivity index (χ3v) is 4.69. The molecule has 0 saturated heterocycles. The highest BCUT2D eigenvalue weighted by Gasteiger charge is 2.31. The Morgan fingerprint density at radius 3 is 2.71 bits per heavy atom. The monoisotopic (exact) mass is 338 g/mol. The molecule has 0 aliphatic heterocycles. The van der Waals surface area contributed by atoms with E-state index in [4.69, 9.17) is 0 Å². The number of rotatable bonds is 6. The predicted octanol–water partition coefficient (Wildman–Crippen LogP) is 3.36. The van der Waals surface area contributed by atoms with Crippen LogP contribution in [0.1, 0.15) is 18.4 Å². The van der Waals surface area contributed by atoms with Gasteiger partial charge in [0.2, 0.25) is 0 Å². The number of nitrogens with one attached hydrogen (secondary N) is 1. The fraction of sp³-hybridized carbons (Fsp3) is 0.667. The molecule has 0 bridgehead atoms. The Morgan fingerprint density at radius 2 is 2.24 bits per heavy atom. The van der Waals surface area contributed by atoms with Gasteiger partial charge in [-0.15, -0.1) is 23.7 Å². The van der Waals surface area contributed by atoms with Crippen molar-refractivity contribution in [2.75, 3.05) is 20.6 Å². The van der Waals surface area contributed by atoms with Crippen LogP contribution in [0.15, 0.2) is 15.2 Å². The second kappa shape index (κ2) is 7.10. The fourth-order valence-electron chi connectivity index (χ4n) is 2.05. The number of hydrogen-bond acceptors (Lipinski definition) is 3. The van der Waals surface area contributed by atoms with Crippen LogP contribution in [0, 0.1) is 5.92 Å². The molecule has 0 amide bonds. The molecule has 2 nitrogen and oxygen atoms in total. The zero-order valence-electron chi connectivity index (χ0n) is 10.3. The minimum atomic E-state index is 0. The molecule has 1 aromatic rings. The third kappa shape index (κ3) is 4.87. The Hall–Kier alpha value is 0.390. The summed E-state index contributed by atoms with van der Waals surface area (Å²) >= 11 is 5.25. The Balaban J connectivity index is 0.00000144. The normalized spacial score (nSPS) is 16.9. The largest absolute Gasteiger partial charge is 0.311 e. The van der Waals surface area contributed by atoms with Gasteiger partial charge in [0.1, 0.15) is 0 Å². The average molecular weight is 340 g/mol. The molecule has 0 aromatic carbocycles. The lowest BCUT2D eigenvalue weighted by Gasteiger charge is -2.24. The highest BCUT2D eigenvalue weighted by molar-refractivity contribution is 9.11. The molecule has 1 unspecified atom stereocenters. The molecular formula is C12H20BrClN2S. The number of nitrogens with zero attached hydrogens (tertiary/aromatic N) is 1. The van der Waals surface area contributed by atoms with Gasteiger partial charge in [0.25, 0.3) is 0 Å². The molecule has 2 rings (SSSR count). The molecule has 1 saturated carbocycles. The van der Waals surface area contributed by atoms with Gasteiger partial charge in [0.05, 0.1) is 3.79 Å². The Morgan fingerprint density at radius 1 is 1.53 bits per heavy atom. The van der Waals surface area contributed by atoms with E-state index in [1.807, 2.05) is 0 Å². The highest BCUT2D eigenvalue weighted by atomic mass is 79.9. The lowest BCUT2D eigenvalue weighted by molar-refractivity contribution is 0.255. The van der Waals surface area contributed by atoms with Crippen LogP contribution in [0.4, 0.5) is 0 Å². The average Bonchev–Trinajstić information content (AvgIpc) is 2.97. The highest BCUT2D eigenvalue weighted by Crippen LogP contribution is 2.34. The molecular weight excluding hydrogens is 320 g/mol. The van der Waals surface area contributed by atoms with Crippen molar-refractivity contribution in [1.82, 2.24) is 10.2 Å². The summed E-state index contributed by atoms with van der Waals surface area (Å²) < 4.78 is 1.22. The molecule has 1 aliphatic carbocycles. The van der Waals surface area contributed by atoms with E-state index in [0.717, 1.165) is 19.0 Å². The van der Waals surface area contributed by atoms with Gasteiger partial charge >= 0.3 is 0 Å². The second-order valence-electron chi connectivity index (χ2n) is 4.76. The van der Waals surface area contributed by atoms with E-state index in [9.17, 15) is 0 Å². The Kier molecular flexibility index (Phi) is 6.45. The summed E-state index contributed by atoms with van der Waals surface area (Å²) in [6, 6.07) is 2.90. The van der Waals surface area contributed by atoms with Crippen molar-refractivity contribution in [2.24, 2.45) is 5.92 Å². The lowest BCUT2D eigenvalue weighted by atomic mass is 10.1. The number of thiophene rings is 1. The summed E-state index contributed by atoms with van der Waals surface area (Å²) in [5.74, 6) is 0.928. The van der Waals surface area contributed by atoms with Gasteiger partial charge < -0.3 is 10.2 Å². The smallest absolute Gasteiger partial charge is 0.0701 e. The molecule has 1 aliphatic rings. The van der Waals surface area contributed by atoms with Crippen molar-refractivity contribution in [1.29, 1.82) is 0 Å². The first-order valence-corrected chi connectivity index (χ1v) is 7.44. The van der Waals surface area contributed by atoms with Crippen LogP contribution in [0.2, 0.25) is 0 Å². The molecule has 0 spiro atoms. The van der Waals surface area contributed by atoms with Gasteiger partial charge in [-0.05, 0) is 65.8 Å². The Labute approximate surface area is 122 Å². The van der Waals surface area contributed by atoms with Crippen LogP contribution in [0.3, 0.4) is 0 Å². The molecule has 5 heteroatoms. The van der Waals surface area contributed by atoms with Crippen LogP contribution in [0.5, 0.6) is 0 Å². The van der Waals surface area contributed by atoms with Gasteiger partial charge in [0.15, 0.2) is 0 Å². The van der Waals surface area contributed by atoms with Crippen molar-refractivity contribution in [3.63, 3.8) is 0 Å². The van der Waals surface area contributed by atoms with Gasteiger partial charge in [-0.1, -0.05) is 0 Å².